The van der Waals surface area contributed by atoms with E-state index < -0.39 is 0 Å². The quantitative estimate of drug-likeness (QED) is 0.790. The molecule has 1 aliphatic heterocycles. The van der Waals surface area contributed by atoms with Gasteiger partial charge in [0, 0.05) is 18.5 Å². The Balaban J connectivity index is 2.19. The first-order chi connectivity index (χ1) is 8.89. The minimum atomic E-state index is -0.297. The average molecular weight is 266 g/mol. The van der Waals surface area contributed by atoms with Gasteiger partial charge in [-0.05, 0) is 39.5 Å². The smallest absolute Gasteiger partial charge is 0.245 e. The van der Waals surface area contributed by atoms with Crippen molar-refractivity contribution in [2.75, 3.05) is 6.54 Å². The van der Waals surface area contributed by atoms with Crippen LogP contribution in [-0.4, -0.2) is 34.8 Å². The summed E-state index contributed by atoms with van der Waals surface area (Å²) in [5.41, 5.74) is -0.212. The Morgan fingerprint density at radius 2 is 1.74 bits per heavy atom. The van der Waals surface area contributed by atoms with Crippen LogP contribution in [0.15, 0.2) is 0 Å². The highest BCUT2D eigenvalue weighted by atomic mass is 16.2. The van der Waals surface area contributed by atoms with E-state index in [0.717, 1.165) is 12.8 Å². The molecular weight excluding hydrogens is 240 g/mol. The Hall–Kier alpha value is -1.06. The molecule has 0 aromatic carbocycles. The summed E-state index contributed by atoms with van der Waals surface area (Å²) in [6, 6.07) is -0.297. The van der Waals surface area contributed by atoms with Gasteiger partial charge in [0.05, 0.1) is 0 Å². The summed E-state index contributed by atoms with van der Waals surface area (Å²) in [5, 5.41) is 2.97. The summed E-state index contributed by atoms with van der Waals surface area (Å²) < 4.78 is 0. The summed E-state index contributed by atoms with van der Waals surface area (Å²) in [4.78, 5) is 26.5. The zero-order valence-corrected chi connectivity index (χ0v) is 12.4. The van der Waals surface area contributed by atoms with Gasteiger partial charge in [-0.3, -0.25) is 9.59 Å². The molecule has 1 atom stereocenters. The highest BCUT2D eigenvalue weighted by Gasteiger charge is 2.39. The van der Waals surface area contributed by atoms with E-state index in [-0.39, 0.29) is 23.4 Å². The molecule has 1 saturated carbocycles. The van der Waals surface area contributed by atoms with Gasteiger partial charge in [-0.15, -0.1) is 0 Å². The highest BCUT2D eigenvalue weighted by Crippen LogP contribution is 2.29. The third-order valence-corrected chi connectivity index (χ3v) is 4.34. The second-order valence-corrected chi connectivity index (χ2v) is 6.85. The molecule has 1 N–H and O–H groups in total. The van der Waals surface area contributed by atoms with E-state index in [4.69, 9.17) is 0 Å². The van der Waals surface area contributed by atoms with Crippen molar-refractivity contribution in [3.8, 4) is 0 Å². The maximum atomic E-state index is 12.7. The van der Waals surface area contributed by atoms with Crippen molar-refractivity contribution in [3.63, 3.8) is 0 Å². The molecule has 0 bridgehead atoms. The van der Waals surface area contributed by atoms with Crippen LogP contribution < -0.4 is 5.32 Å². The summed E-state index contributed by atoms with van der Waals surface area (Å²) in [5.74, 6) is 0.467. The molecule has 1 heterocycles. The van der Waals surface area contributed by atoms with Crippen LogP contribution in [0.2, 0.25) is 0 Å². The topological polar surface area (TPSA) is 49.4 Å². The molecule has 2 amide bonds. The van der Waals surface area contributed by atoms with Crippen LogP contribution in [0.4, 0.5) is 0 Å². The second-order valence-electron chi connectivity index (χ2n) is 6.85. The standard InChI is InChI=1S/C15H26N2O2/c1-15(2,3)17-10-9-12(18)16-13(14(17)19)11-7-5-4-6-8-11/h11,13H,4-10H2,1-3H3,(H,16,18). The maximum absolute atomic E-state index is 12.7. The number of rotatable bonds is 1. The Morgan fingerprint density at radius 3 is 2.32 bits per heavy atom. The Kier molecular flexibility index (Phi) is 4.16. The number of carbonyl (C=O) groups excluding carboxylic acids is 2. The van der Waals surface area contributed by atoms with Gasteiger partial charge in [0.25, 0.3) is 0 Å². The van der Waals surface area contributed by atoms with Gasteiger partial charge in [-0.1, -0.05) is 19.3 Å². The summed E-state index contributed by atoms with van der Waals surface area (Å²) in [6.45, 7) is 6.66. The summed E-state index contributed by atoms with van der Waals surface area (Å²) >= 11 is 0. The van der Waals surface area contributed by atoms with Gasteiger partial charge >= 0.3 is 0 Å². The lowest BCUT2D eigenvalue weighted by molar-refractivity contribution is -0.139. The number of carbonyl (C=O) groups is 2. The molecule has 4 heteroatoms. The average Bonchev–Trinajstić information content (AvgIpc) is 2.49. The number of amides is 2. The van der Waals surface area contributed by atoms with Crippen LogP contribution >= 0.6 is 0 Å². The molecule has 108 valence electrons. The van der Waals surface area contributed by atoms with E-state index in [1.807, 2.05) is 25.7 Å². The zero-order valence-electron chi connectivity index (χ0n) is 12.4. The molecule has 2 rings (SSSR count). The number of hydrogen-bond donors (Lipinski definition) is 1. The van der Waals surface area contributed by atoms with Crippen molar-refractivity contribution in [1.82, 2.24) is 10.2 Å². The van der Waals surface area contributed by atoms with E-state index in [9.17, 15) is 9.59 Å². The molecule has 2 fully saturated rings. The third-order valence-electron chi connectivity index (χ3n) is 4.34. The van der Waals surface area contributed by atoms with E-state index in [1.165, 1.54) is 19.3 Å². The molecule has 1 unspecified atom stereocenters. The number of nitrogens with one attached hydrogen (secondary N) is 1. The molecule has 0 radical (unpaired) electrons. The Labute approximate surface area is 115 Å². The molecule has 1 aliphatic carbocycles. The monoisotopic (exact) mass is 266 g/mol. The maximum Gasteiger partial charge on any atom is 0.245 e. The van der Waals surface area contributed by atoms with Crippen molar-refractivity contribution < 1.29 is 9.59 Å². The van der Waals surface area contributed by atoms with Gasteiger partial charge < -0.3 is 10.2 Å². The van der Waals surface area contributed by atoms with Crippen molar-refractivity contribution >= 4 is 11.8 Å². The van der Waals surface area contributed by atoms with Crippen LogP contribution in [0.1, 0.15) is 59.3 Å². The van der Waals surface area contributed by atoms with E-state index in [1.54, 1.807) is 0 Å². The van der Waals surface area contributed by atoms with Crippen LogP contribution in [-0.2, 0) is 9.59 Å². The summed E-state index contributed by atoms with van der Waals surface area (Å²) in [6.07, 6.45) is 6.17. The number of nitrogens with zero attached hydrogens (tertiary/aromatic N) is 1. The largest absolute Gasteiger partial charge is 0.344 e. The predicted molar refractivity (Wildman–Crippen MR) is 74.6 cm³/mol. The van der Waals surface area contributed by atoms with Crippen molar-refractivity contribution in [1.29, 1.82) is 0 Å². The SMILES string of the molecule is CC(C)(C)N1CCC(=O)NC(C2CCCCC2)C1=O. The molecule has 2 aliphatic rings. The molecule has 19 heavy (non-hydrogen) atoms. The zero-order chi connectivity index (χ0) is 14.0. The normalized spacial score (nSPS) is 27.1. The van der Waals surface area contributed by atoms with Crippen LogP contribution in [0.5, 0.6) is 0 Å². The van der Waals surface area contributed by atoms with Crippen LogP contribution in [0, 0.1) is 5.92 Å². The lowest BCUT2D eigenvalue weighted by Gasteiger charge is -2.38. The molecule has 4 nitrogen and oxygen atoms in total. The minimum Gasteiger partial charge on any atom is -0.344 e. The summed E-state index contributed by atoms with van der Waals surface area (Å²) in [7, 11) is 0. The van der Waals surface area contributed by atoms with Crippen molar-refractivity contribution in [2.45, 2.75) is 70.9 Å². The predicted octanol–water partition coefficient (Wildman–Crippen LogP) is 2.08. The fourth-order valence-electron chi connectivity index (χ4n) is 3.25. The van der Waals surface area contributed by atoms with E-state index in [0.29, 0.717) is 18.9 Å². The van der Waals surface area contributed by atoms with Crippen LogP contribution in [0.25, 0.3) is 0 Å². The van der Waals surface area contributed by atoms with Gasteiger partial charge in [-0.25, -0.2) is 0 Å². The lowest BCUT2D eigenvalue weighted by atomic mass is 9.83. The van der Waals surface area contributed by atoms with Crippen molar-refractivity contribution in [2.24, 2.45) is 5.92 Å². The van der Waals surface area contributed by atoms with Gasteiger partial charge in [-0.2, -0.15) is 0 Å². The second kappa shape index (κ2) is 5.51. The minimum absolute atomic E-state index is 0.0238. The molecule has 0 spiro atoms. The Morgan fingerprint density at radius 1 is 1.11 bits per heavy atom. The molecule has 0 aromatic rings. The Bertz CT molecular complexity index is 354. The van der Waals surface area contributed by atoms with Crippen molar-refractivity contribution in [3.05, 3.63) is 0 Å². The van der Waals surface area contributed by atoms with Gasteiger partial charge in [0.15, 0.2) is 0 Å². The first-order valence-corrected chi connectivity index (χ1v) is 7.50. The molecule has 0 aromatic heterocycles. The van der Waals surface area contributed by atoms with Gasteiger partial charge in [0.1, 0.15) is 6.04 Å². The molecule has 1 saturated heterocycles. The number of hydrogen-bond acceptors (Lipinski definition) is 2. The van der Waals surface area contributed by atoms with E-state index >= 15 is 0 Å². The first kappa shape index (κ1) is 14.4. The third kappa shape index (κ3) is 3.28. The fraction of sp³-hybridized carbons (Fsp3) is 0.867. The first-order valence-electron chi connectivity index (χ1n) is 7.50. The lowest BCUT2D eigenvalue weighted by Crippen LogP contribution is -2.54. The highest BCUT2D eigenvalue weighted by molar-refractivity contribution is 5.90. The molecular formula is C15H26N2O2. The van der Waals surface area contributed by atoms with Gasteiger partial charge in [0.2, 0.25) is 11.8 Å². The van der Waals surface area contributed by atoms with Crippen LogP contribution in [0.3, 0.4) is 0 Å². The fourth-order valence-corrected chi connectivity index (χ4v) is 3.25. The van der Waals surface area contributed by atoms with E-state index in [2.05, 4.69) is 5.32 Å².